The Bertz CT molecular complexity index is 538. The van der Waals surface area contributed by atoms with Crippen molar-refractivity contribution in [2.75, 3.05) is 0 Å². The second kappa shape index (κ2) is 5.65. The lowest BCUT2D eigenvalue weighted by Gasteiger charge is -2.11. The molecule has 2 aromatic rings. The van der Waals surface area contributed by atoms with Gasteiger partial charge in [0.25, 0.3) is 0 Å². The largest absolute Gasteiger partial charge is 0.489 e. The Balaban J connectivity index is 2.09. The fourth-order valence-electron chi connectivity index (χ4n) is 1.77. The summed E-state index contributed by atoms with van der Waals surface area (Å²) in [7, 11) is 0. The minimum absolute atomic E-state index is 0.456. The van der Waals surface area contributed by atoms with E-state index in [4.69, 9.17) is 10.5 Å². The molecule has 0 amide bonds. The normalized spacial score (nSPS) is 10.4. The molecule has 0 spiro atoms. The fraction of sp³-hybridized carbons (Fsp3) is 0.267. The van der Waals surface area contributed by atoms with E-state index >= 15 is 0 Å². The summed E-state index contributed by atoms with van der Waals surface area (Å²) in [4.78, 5) is 4.16. The first-order valence-corrected chi connectivity index (χ1v) is 6.03. The van der Waals surface area contributed by atoms with Gasteiger partial charge in [0.2, 0.25) is 0 Å². The maximum Gasteiger partial charge on any atom is 0.122 e. The maximum atomic E-state index is 5.83. The molecule has 0 radical (unpaired) electrons. The molecule has 0 atom stereocenters. The van der Waals surface area contributed by atoms with E-state index in [9.17, 15) is 0 Å². The summed E-state index contributed by atoms with van der Waals surface area (Å²) >= 11 is 0. The van der Waals surface area contributed by atoms with E-state index in [1.165, 1.54) is 11.1 Å². The predicted molar refractivity (Wildman–Crippen MR) is 72.4 cm³/mol. The van der Waals surface area contributed by atoms with Gasteiger partial charge < -0.3 is 10.5 Å². The molecule has 0 unspecified atom stereocenters. The average molecular weight is 242 g/mol. The molecular weight excluding hydrogens is 224 g/mol. The van der Waals surface area contributed by atoms with Crippen molar-refractivity contribution in [1.82, 2.24) is 4.98 Å². The third kappa shape index (κ3) is 2.87. The van der Waals surface area contributed by atoms with E-state index in [-0.39, 0.29) is 0 Å². The van der Waals surface area contributed by atoms with Gasteiger partial charge in [-0.1, -0.05) is 12.1 Å². The molecule has 0 aliphatic carbocycles. The number of aryl methyl sites for hydroxylation is 1. The number of aromatic nitrogens is 1. The summed E-state index contributed by atoms with van der Waals surface area (Å²) in [5.74, 6) is 0.932. The first-order valence-electron chi connectivity index (χ1n) is 6.03. The summed E-state index contributed by atoms with van der Waals surface area (Å²) in [6, 6.07) is 10.0. The van der Waals surface area contributed by atoms with Gasteiger partial charge in [-0.3, -0.25) is 4.98 Å². The summed E-state index contributed by atoms with van der Waals surface area (Å²) in [6.45, 7) is 5.15. The smallest absolute Gasteiger partial charge is 0.122 e. The van der Waals surface area contributed by atoms with Gasteiger partial charge in [-0.05, 0) is 48.7 Å². The number of benzene rings is 1. The molecule has 0 fully saturated rings. The third-order valence-electron chi connectivity index (χ3n) is 3.04. The lowest BCUT2D eigenvalue weighted by Crippen LogP contribution is -2.02. The minimum Gasteiger partial charge on any atom is -0.489 e. The number of nitrogens with zero attached hydrogens (tertiary/aromatic N) is 1. The van der Waals surface area contributed by atoms with Crippen LogP contribution in [-0.2, 0) is 13.2 Å². The monoisotopic (exact) mass is 242 g/mol. The number of hydrogen-bond acceptors (Lipinski definition) is 3. The molecule has 2 rings (SSSR count). The van der Waals surface area contributed by atoms with Crippen molar-refractivity contribution in [2.45, 2.75) is 27.0 Å². The van der Waals surface area contributed by atoms with Gasteiger partial charge in [-0.15, -0.1) is 0 Å². The zero-order valence-corrected chi connectivity index (χ0v) is 10.8. The highest BCUT2D eigenvalue weighted by atomic mass is 16.5. The average Bonchev–Trinajstić information content (AvgIpc) is 2.41. The molecule has 3 heteroatoms. The van der Waals surface area contributed by atoms with Gasteiger partial charge in [-0.25, -0.2) is 0 Å². The Morgan fingerprint density at radius 1 is 1.22 bits per heavy atom. The van der Waals surface area contributed by atoms with Crippen molar-refractivity contribution in [2.24, 2.45) is 5.73 Å². The van der Waals surface area contributed by atoms with Gasteiger partial charge in [0, 0.05) is 12.7 Å². The van der Waals surface area contributed by atoms with Crippen molar-refractivity contribution in [3.05, 3.63) is 58.9 Å². The number of pyridine rings is 1. The Kier molecular flexibility index (Phi) is 3.95. The molecule has 0 saturated carbocycles. The molecular formula is C15H18N2O. The summed E-state index contributed by atoms with van der Waals surface area (Å²) in [5, 5.41) is 0. The molecule has 0 bridgehead atoms. The molecule has 18 heavy (non-hydrogen) atoms. The molecule has 1 heterocycles. The zero-order valence-electron chi connectivity index (χ0n) is 10.8. The van der Waals surface area contributed by atoms with Crippen LogP contribution in [-0.4, -0.2) is 4.98 Å². The Hall–Kier alpha value is -1.87. The van der Waals surface area contributed by atoms with Crippen LogP contribution >= 0.6 is 0 Å². The molecule has 3 nitrogen and oxygen atoms in total. The molecule has 0 saturated heterocycles. The predicted octanol–water partition coefficient (Wildman–Crippen LogP) is 2.74. The lowest BCUT2D eigenvalue weighted by atomic mass is 10.1. The Morgan fingerprint density at radius 3 is 2.83 bits per heavy atom. The first kappa shape index (κ1) is 12.6. The zero-order chi connectivity index (χ0) is 13.0. The van der Waals surface area contributed by atoms with E-state index < -0.39 is 0 Å². The van der Waals surface area contributed by atoms with Crippen molar-refractivity contribution >= 4 is 0 Å². The standard InChI is InChI=1S/C15H18N2O/c1-11-4-3-5-15(12(11)2)18-10-13-6-7-17-14(8-13)9-16/h3-8H,9-10,16H2,1-2H3. The van der Waals surface area contributed by atoms with Crippen LogP contribution in [0.5, 0.6) is 5.75 Å². The van der Waals surface area contributed by atoms with Crippen molar-refractivity contribution in [3.63, 3.8) is 0 Å². The number of ether oxygens (including phenoxy) is 1. The Morgan fingerprint density at radius 2 is 2.06 bits per heavy atom. The molecule has 1 aromatic heterocycles. The van der Waals surface area contributed by atoms with Crippen LogP contribution < -0.4 is 10.5 Å². The van der Waals surface area contributed by atoms with Gasteiger partial charge in [0.05, 0.1) is 5.69 Å². The summed E-state index contributed by atoms with van der Waals surface area (Å²) in [6.07, 6.45) is 1.77. The number of rotatable bonds is 4. The van der Waals surface area contributed by atoms with Crippen LogP contribution in [0.4, 0.5) is 0 Å². The molecule has 2 N–H and O–H groups in total. The molecule has 0 aliphatic heterocycles. The van der Waals surface area contributed by atoms with Crippen LogP contribution in [0, 0.1) is 13.8 Å². The van der Waals surface area contributed by atoms with Crippen LogP contribution in [0.15, 0.2) is 36.5 Å². The van der Waals surface area contributed by atoms with Gasteiger partial charge in [0.1, 0.15) is 12.4 Å². The Labute approximate surface area is 108 Å². The molecule has 0 aliphatic rings. The van der Waals surface area contributed by atoms with E-state index in [2.05, 4.69) is 24.9 Å². The number of nitrogens with two attached hydrogens (primary N) is 1. The SMILES string of the molecule is Cc1cccc(OCc2ccnc(CN)c2)c1C. The highest BCUT2D eigenvalue weighted by Crippen LogP contribution is 2.21. The summed E-state index contributed by atoms with van der Waals surface area (Å²) < 4.78 is 5.83. The second-order valence-electron chi connectivity index (χ2n) is 4.35. The van der Waals surface area contributed by atoms with Gasteiger partial charge >= 0.3 is 0 Å². The molecule has 1 aromatic carbocycles. The van der Waals surface area contributed by atoms with E-state index in [1.807, 2.05) is 24.3 Å². The van der Waals surface area contributed by atoms with Crippen molar-refractivity contribution < 1.29 is 4.74 Å². The van der Waals surface area contributed by atoms with E-state index in [1.54, 1.807) is 6.20 Å². The minimum atomic E-state index is 0.456. The lowest BCUT2D eigenvalue weighted by molar-refractivity contribution is 0.303. The van der Waals surface area contributed by atoms with Crippen LogP contribution in [0.25, 0.3) is 0 Å². The van der Waals surface area contributed by atoms with Crippen LogP contribution in [0.2, 0.25) is 0 Å². The van der Waals surface area contributed by atoms with Crippen molar-refractivity contribution in [1.29, 1.82) is 0 Å². The highest BCUT2D eigenvalue weighted by Gasteiger charge is 2.02. The second-order valence-corrected chi connectivity index (χ2v) is 4.35. The third-order valence-corrected chi connectivity index (χ3v) is 3.04. The quantitative estimate of drug-likeness (QED) is 0.896. The molecule has 94 valence electrons. The van der Waals surface area contributed by atoms with Crippen LogP contribution in [0.1, 0.15) is 22.4 Å². The van der Waals surface area contributed by atoms with Crippen LogP contribution in [0.3, 0.4) is 0 Å². The summed E-state index contributed by atoms with van der Waals surface area (Å²) in [5.41, 5.74) is 9.97. The highest BCUT2D eigenvalue weighted by molar-refractivity contribution is 5.38. The maximum absolute atomic E-state index is 5.83. The van der Waals surface area contributed by atoms with E-state index in [0.29, 0.717) is 13.2 Å². The first-order chi connectivity index (χ1) is 8.70. The van der Waals surface area contributed by atoms with Gasteiger partial charge in [0.15, 0.2) is 0 Å². The fourth-order valence-corrected chi connectivity index (χ4v) is 1.77. The van der Waals surface area contributed by atoms with Crippen molar-refractivity contribution in [3.8, 4) is 5.75 Å². The topological polar surface area (TPSA) is 48.1 Å². The van der Waals surface area contributed by atoms with Gasteiger partial charge in [-0.2, -0.15) is 0 Å². The van der Waals surface area contributed by atoms with E-state index in [0.717, 1.165) is 17.0 Å². The number of hydrogen-bond donors (Lipinski definition) is 1.